The summed E-state index contributed by atoms with van der Waals surface area (Å²) in [6, 6.07) is 5.29. The van der Waals surface area contributed by atoms with Gasteiger partial charge < -0.3 is 5.32 Å². The maximum Gasteiger partial charge on any atom is 0.224 e. The molecule has 0 aliphatic heterocycles. The van der Waals surface area contributed by atoms with Crippen LogP contribution in [0.25, 0.3) is 0 Å². The Balaban J connectivity index is 1.96. The molecular formula is C13H14BrCl2NO. The minimum Gasteiger partial charge on any atom is -0.350 e. The maximum absolute atomic E-state index is 12.0. The maximum atomic E-state index is 12.0. The third-order valence-electron chi connectivity index (χ3n) is 3.32. The van der Waals surface area contributed by atoms with Crippen molar-refractivity contribution in [3.8, 4) is 0 Å². The Morgan fingerprint density at radius 2 is 2.06 bits per heavy atom. The van der Waals surface area contributed by atoms with Crippen molar-refractivity contribution in [1.29, 1.82) is 0 Å². The van der Waals surface area contributed by atoms with Crippen molar-refractivity contribution in [3.63, 3.8) is 0 Å². The second-order valence-corrected chi connectivity index (χ2v) is 6.12. The van der Waals surface area contributed by atoms with Crippen LogP contribution in [0.2, 0.25) is 10.0 Å². The summed E-state index contributed by atoms with van der Waals surface area (Å²) in [5.41, 5.74) is 0.846. The van der Waals surface area contributed by atoms with Gasteiger partial charge in [0.2, 0.25) is 5.91 Å². The number of halogens is 3. The highest BCUT2D eigenvalue weighted by Crippen LogP contribution is 2.33. The van der Waals surface area contributed by atoms with Crippen LogP contribution >= 0.6 is 39.1 Å². The van der Waals surface area contributed by atoms with Crippen molar-refractivity contribution in [3.05, 3.63) is 33.8 Å². The molecule has 1 saturated carbocycles. The number of hydrogen-bond donors (Lipinski definition) is 1. The van der Waals surface area contributed by atoms with Crippen molar-refractivity contribution < 1.29 is 4.79 Å². The fourth-order valence-electron chi connectivity index (χ4n) is 2.07. The Morgan fingerprint density at radius 1 is 1.33 bits per heavy atom. The SMILES string of the molecule is O=C(Cc1ccc(Cl)c(Cl)c1)NC1(CBr)CCC1. The fraction of sp³-hybridized carbons (Fsp3) is 0.462. The first-order valence-corrected chi connectivity index (χ1v) is 7.73. The smallest absolute Gasteiger partial charge is 0.224 e. The number of rotatable bonds is 4. The van der Waals surface area contributed by atoms with Crippen LogP contribution in [0.5, 0.6) is 0 Å². The van der Waals surface area contributed by atoms with Crippen LogP contribution in [0.15, 0.2) is 18.2 Å². The first kappa shape index (κ1) is 14.2. The molecule has 1 amide bonds. The Kier molecular flexibility index (Phi) is 4.57. The van der Waals surface area contributed by atoms with Gasteiger partial charge in [0.1, 0.15) is 0 Å². The van der Waals surface area contributed by atoms with Gasteiger partial charge in [0.05, 0.1) is 16.5 Å². The summed E-state index contributed by atoms with van der Waals surface area (Å²) in [6.07, 6.45) is 3.61. The molecule has 5 heteroatoms. The van der Waals surface area contributed by atoms with Gasteiger partial charge in [-0.3, -0.25) is 4.79 Å². The number of benzene rings is 1. The topological polar surface area (TPSA) is 29.1 Å². The van der Waals surface area contributed by atoms with E-state index in [1.54, 1.807) is 12.1 Å². The predicted octanol–water partition coefficient (Wildman–Crippen LogP) is 3.97. The molecule has 18 heavy (non-hydrogen) atoms. The van der Waals surface area contributed by atoms with Gasteiger partial charge in [-0.2, -0.15) is 0 Å². The quantitative estimate of drug-likeness (QED) is 0.818. The van der Waals surface area contributed by atoms with Gasteiger partial charge in [0, 0.05) is 10.9 Å². The van der Waals surface area contributed by atoms with Crippen molar-refractivity contribution in [1.82, 2.24) is 5.32 Å². The van der Waals surface area contributed by atoms with Gasteiger partial charge in [-0.1, -0.05) is 45.2 Å². The molecule has 0 aromatic heterocycles. The first-order valence-electron chi connectivity index (χ1n) is 5.86. The van der Waals surface area contributed by atoms with Crippen LogP contribution in [-0.2, 0) is 11.2 Å². The fourth-order valence-corrected chi connectivity index (χ4v) is 3.09. The van der Waals surface area contributed by atoms with Gasteiger partial charge in [0.25, 0.3) is 0 Å². The number of carbonyl (C=O) groups is 1. The summed E-state index contributed by atoms with van der Waals surface area (Å²) in [5.74, 6) is 0.0348. The zero-order chi connectivity index (χ0) is 13.2. The molecule has 0 atom stereocenters. The van der Waals surface area contributed by atoms with Crippen molar-refractivity contribution in [2.45, 2.75) is 31.2 Å². The summed E-state index contributed by atoms with van der Waals surface area (Å²) in [7, 11) is 0. The summed E-state index contributed by atoms with van der Waals surface area (Å²) >= 11 is 15.2. The molecular weight excluding hydrogens is 337 g/mol. The van der Waals surface area contributed by atoms with Gasteiger partial charge >= 0.3 is 0 Å². The molecule has 2 rings (SSSR count). The molecule has 0 spiro atoms. The lowest BCUT2D eigenvalue weighted by Gasteiger charge is -2.41. The molecule has 1 fully saturated rings. The van der Waals surface area contributed by atoms with E-state index in [2.05, 4.69) is 21.2 Å². The predicted molar refractivity (Wildman–Crippen MR) is 78.7 cm³/mol. The lowest BCUT2D eigenvalue weighted by Crippen LogP contribution is -2.55. The van der Waals surface area contributed by atoms with E-state index in [9.17, 15) is 4.79 Å². The molecule has 0 bridgehead atoms. The highest BCUT2D eigenvalue weighted by atomic mass is 79.9. The zero-order valence-corrected chi connectivity index (χ0v) is 12.9. The monoisotopic (exact) mass is 349 g/mol. The van der Waals surface area contributed by atoms with E-state index in [-0.39, 0.29) is 11.4 Å². The van der Waals surface area contributed by atoms with E-state index < -0.39 is 0 Å². The van der Waals surface area contributed by atoms with Crippen LogP contribution in [0.1, 0.15) is 24.8 Å². The molecule has 98 valence electrons. The largest absolute Gasteiger partial charge is 0.350 e. The van der Waals surface area contributed by atoms with E-state index in [0.717, 1.165) is 23.7 Å². The minimum absolute atomic E-state index is 0.0344. The van der Waals surface area contributed by atoms with Gasteiger partial charge in [-0.25, -0.2) is 0 Å². The Labute approximate surface area is 125 Å². The summed E-state index contributed by atoms with van der Waals surface area (Å²) in [4.78, 5) is 12.0. The molecule has 1 aromatic rings. The Bertz CT molecular complexity index is 455. The highest BCUT2D eigenvalue weighted by molar-refractivity contribution is 9.09. The lowest BCUT2D eigenvalue weighted by molar-refractivity contribution is -0.123. The molecule has 1 aliphatic carbocycles. The number of hydrogen-bond acceptors (Lipinski definition) is 1. The Hall–Kier alpha value is -0.250. The zero-order valence-electron chi connectivity index (χ0n) is 9.81. The van der Waals surface area contributed by atoms with E-state index in [1.165, 1.54) is 6.42 Å². The standard InChI is InChI=1S/C13H14BrCl2NO/c14-8-13(4-1-5-13)17-12(18)7-9-2-3-10(15)11(16)6-9/h2-3,6H,1,4-5,7-8H2,(H,17,18). The average Bonchev–Trinajstić information content (AvgIpc) is 2.29. The summed E-state index contributed by atoms with van der Waals surface area (Å²) in [6.45, 7) is 0. The molecule has 0 radical (unpaired) electrons. The molecule has 0 heterocycles. The first-order chi connectivity index (χ1) is 8.54. The molecule has 1 N–H and O–H groups in total. The molecule has 0 saturated heterocycles. The number of carbonyl (C=O) groups excluding carboxylic acids is 1. The van der Waals surface area contributed by atoms with Gasteiger partial charge in [0.15, 0.2) is 0 Å². The normalized spacial score (nSPS) is 17.1. The summed E-state index contributed by atoms with van der Waals surface area (Å²) < 4.78 is 0. The van der Waals surface area contributed by atoms with E-state index >= 15 is 0 Å². The van der Waals surface area contributed by atoms with Gasteiger partial charge in [-0.05, 0) is 37.0 Å². The third kappa shape index (κ3) is 3.19. The lowest BCUT2D eigenvalue weighted by atomic mass is 9.78. The van der Waals surface area contributed by atoms with E-state index in [1.807, 2.05) is 6.07 Å². The molecule has 1 aliphatic rings. The number of amides is 1. The van der Waals surface area contributed by atoms with Crippen molar-refractivity contribution in [2.75, 3.05) is 5.33 Å². The molecule has 0 unspecified atom stereocenters. The van der Waals surface area contributed by atoms with Crippen LogP contribution in [0.4, 0.5) is 0 Å². The number of alkyl halides is 1. The van der Waals surface area contributed by atoms with E-state index in [4.69, 9.17) is 23.2 Å². The number of nitrogens with one attached hydrogen (secondary N) is 1. The summed E-state index contributed by atoms with van der Waals surface area (Å²) in [5, 5.41) is 4.91. The van der Waals surface area contributed by atoms with Gasteiger partial charge in [-0.15, -0.1) is 0 Å². The Morgan fingerprint density at radius 3 is 2.56 bits per heavy atom. The van der Waals surface area contributed by atoms with Crippen LogP contribution in [0, 0.1) is 0 Å². The second-order valence-electron chi connectivity index (χ2n) is 4.74. The third-order valence-corrected chi connectivity index (χ3v) is 5.13. The minimum atomic E-state index is -0.0344. The van der Waals surface area contributed by atoms with Crippen LogP contribution in [0.3, 0.4) is 0 Å². The average molecular weight is 351 g/mol. The molecule has 1 aromatic carbocycles. The molecule has 2 nitrogen and oxygen atoms in total. The second kappa shape index (κ2) is 5.81. The van der Waals surface area contributed by atoms with Crippen LogP contribution < -0.4 is 5.32 Å². The van der Waals surface area contributed by atoms with Crippen molar-refractivity contribution >= 4 is 45.0 Å². The van der Waals surface area contributed by atoms with Crippen molar-refractivity contribution in [2.24, 2.45) is 0 Å². The van der Waals surface area contributed by atoms with E-state index in [0.29, 0.717) is 16.5 Å². The van der Waals surface area contributed by atoms with Crippen LogP contribution in [-0.4, -0.2) is 16.8 Å². The highest BCUT2D eigenvalue weighted by Gasteiger charge is 2.37.